The van der Waals surface area contributed by atoms with E-state index in [4.69, 9.17) is 16.6 Å². The molecule has 4 rings (SSSR count). The Morgan fingerprint density at radius 1 is 0.844 bits per heavy atom. The molecule has 0 aliphatic carbocycles. The Kier molecular flexibility index (Phi) is 7.57. The molecule has 0 aliphatic heterocycles. The first-order valence-corrected chi connectivity index (χ1v) is 12.4. The largest absolute Gasteiger partial charge is 0.324 e. The molecule has 1 aromatic heterocycles. The number of benzene rings is 3. The normalized spacial score (nSPS) is 10.7. The van der Waals surface area contributed by atoms with Crippen molar-refractivity contribution in [2.75, 3.05) is 11.1 Å². The standard InChI is InChI=1S/C23H15Br2ClN4OS/c24-16-9-5-14(6-10-16)21-22(15-7-11-17(25)12-8-15)29-30-23(28-21)32-13-20(31)27-19-4-2-1-3-18(19)26/h1-12H,13H2,(H,27,31). The topological polar surface area (TPSA) is 67.8 Å². The van der Waals surface area contributed by atoms with Crippen molar-refractivity contribution >= 4 is 66.8 Å². The first-order chi connectivity index (χ1) is 15.5. The summed E-state index contributed by atoms with van der Waals surface area (Å²) < 4.78 is 1.95. The monoisotopic (exact) mass is 588 g/mol. The van der Waals surface area contributed by atoms with Gasteiger partial charge in [0, 0.05) is 20.1 Å². The van der Waals surface area contributed by atoms with E-state index in [1.54, 1.807) is 12.1 Å². The van der Waals surface area contributed by atoms with Crippen LogP contribution in [0.25, 0.3) is 22.5 Å². The summed E-state index contributed by atoms with van der Waals surface area (Å²) in [6.07, 6.45) is 0. The lowest BCUT2D eigenvalue weighted by Crippen LogP contribution is -2.14. The molecule has 4 aromatic rings. The average Bonchev–Trinajstić information content (AvgIpc) is 2.80. The number of anilines is 1. The van der Waals surface area contributed by atoms with Crippen molar-refractivity contribution in [1.29, 1.82) is 0 Å². The predicted molar refractivity (Wildman–Crippen MR) is 137 cm³/mol. The fourth-order valence-electron chi connectivity index (χ4n) is 2.86. The van der Waals surface area contributed by atoms with Gasteiger partial charge >= 0.3 is 0 Å². The number of carbonyl (C=O) groups is 1. The molecule has 0 unspecified atom stereocenters. The highest BCUT2D eigenvalue weighted by atomic mass is 79.9. The number of thioether (sulfide) groups is 1. The molecule has 3 aromatic carbocycles. The molecule has 5 nitrogen and oxygen atoms in total. The van der Waals surface area contributed by atoms with Crippen LogP contribution in [0.1, 0.15) is 0 Å². The minimum atomic E-state index is -0.200. The van der Waals surface area contributed by atoms with Crippen LogP contribution in [0.15, 0.2) is 86.9 Å². The minimum absolute atomic E-state index is 0.129. The third-order valence-corrected chi connectivity index (χ3v) is 6.61. The van der Waals surface area contributed by atoms with Crippen molar-refractivity contribution in [3.05, 3.63) is 86.8 Å². The number of aromatic nitrogens is 3. The molecule has 0 radical (unpaired) electrons. The van der Waals surface area contributed by atoms with E-state index in [9.17, 15) is 4.79 Å². The van der Waals surface area contributed by atoms with E-state index >= 15 is 0 Å². The molecule has 0 saturated heterocycles. The van der Waals surface area contributed by atoms with Gasteiger partial charge in [-0.2, -0.15) is 0 Å². The Morgan fingerprint density at radius 2 is 1.44 bits per heavy atom. The molecular formula is C23H15Br2ClN4OS. The van der Waals surface area contributed by atoms with Crippen molar-refractivity contribution in [1.82, 2.24) is 15.2 Å². The molecule has 1 amide bonds. The fourth-order valence-corrected chi connectivity index (χ4v) is 4.16. The quantitative estimate of drug-likeness (QED) is 0.242. The van der Waals surface area contributed by atoms with Gasteiger partial charge in [-0.05, 0) is 36.4 Å². The molecule has 32 heavy (non-hydrogen) atoms. The van der Waals surface area contributed by atoms with Gasteiger partial charge in [-0.3, -0.25) is 4.79 Å². The molecule has 0 aliphatic rings. The van der Waals surface area contributed by atoms with Crippen LogP contribution in [-0.2, 0) is 4.79 Å². The number of carbonyl (C=O) groups excluding carboxylic acids is 1. The van der Waals surface area contributed by atoms with E-state index in [1.165, 1.54) is 11.8 Å². The minimum Gasteiger partial charge on any atom is -0.324 e. The molecule has 0 fully saturated rings. The zero-order valence-corrected chi connectivity index (χ0v) is 21.2. The summed E-state index contributed by atoms with van der Waals surface area (Å²) in [5, 5.41) is 12.4. The number of nitrogens with zero attached hydrogens (tertiary/aromatic N) is 3. The first kappa shape index (κ1) is 22.9. The number of amides is 1. The number of hydrogen-bond donors (Lipinski definition) is 1. The third-order valence-electron chi connectivity index (χ3n) is 4.38. The second kappa shape index (κ2) is 10.6. The van der Waals surface area contributed by atoms with E-state index in [2.05, 4.69) is 47.4 Å². The lowest BCUT2D eigenvalue weighted by Gasteiger charge is -2.10. The SMILES string of the molecule is O=C(CSc1nnc(-c2ccc(Br)cc2)c(-c2ccc(Br)cc2)n1)Nc1ccccc1Cl. The predicted octanol–water partition coefficient (Wildman–Crippen LogP) is 7.11. The first-order valence-electron chi connectivity index (χ1n) is 9.43. The maximum absolute atomic E-state index is 12.4. The fraction of sp³-hybridized carbons (Fsp3) is 0.0435. The lowest BCUT2D eigenvalue weighted by molar-refractivity contribution is -0.113. The van der Waals surface area contributed by atoms with Crippen molar-refractivity contribution in [2.24, 2.45) is 0 Å². The Morgan fingerprint density at radius 3 is 2.06 bits per heavy atom. The van der Waals surface area contributed by atoms with E-state index in [0.717, 1.165) is 20.1 Å². The molecule has 1 N–H and O–H groups in total. The van der Waals surface area contributed by atoms with E-state index in [0.29, 0.717) is 27.3 Å². The van der Waals surface area contributed by atoms with Crippen molar-refractivity contribution < 1.29 is 4.79 Å². The van der Waals surface area contributed by atoms with Gasteiger partial charge in [0.05, 0.1) is 16.5 Å². The van der Waals surface area contributed by atoms with Crippen LogP contribution in [-0.4, -0.2) is 26.8 Å². The molecule has 0 saturated carbocycles. The van der Waals surface area contributed by atoms with Gasteiger partial charge < -0.3 is 5.32 Å². The van der Waals surface area contributed by atoms with Crippen LogP contribution in [0, 0.1) is 0 Å². The van der Waals surface area contributed by atoms with Crippen LogP contribution in [0.2, 0.25) is 5.02 Å². The Bertz CT molecular complexity index is 1250. The van der Waals surface area contributed by atoms with Crippen molar-refractivity contribution in [2.45, 2.75) is 5.16 Å². The molecule has 0 spiro atoms. The smallest absolute Gasteiger partial charge is 0.234 e. The lowest BCUT2D eigenvalue weighted by atomic mass is 10.0. The molecule has 160 valence electrons. The second-order valence-corrected chi connectivity index (χ2v) is 9.80. The summed E-state index contributed by atoms with van der Waals surface area (Å²) >= 11 is 14.2. The van der Waals surface area contributed by atoms with Crippen LogP contribution >= 0.6 is 55.2 Å². The maximum Gasteiger partial charge on any atom is 0.234 e. The molecule has 1 heterocycles. The van der Waals surface area contributed by atoms with Gasteiger partial charge in [0.2, 0.25) is 11.1 Å². The van der Waals surface area contributed by atoms with Crippen LogP contribution in [0.3, 0.4) is 0 Å². The molecule has 9 heteroatoms. The maximum atomic E-state index is 12.4. The highest BCUT2D eigenvalue weighted by Gasteiger charge is 2.15. The van der Waals surface area contributed by atoms with Gasteiger partial charge in [-0.15, -0.1) is 10.2 Å². The summed E-state index contributed by atoms with van der Waals surface area (Å²) in [5.74, 6) is -0.0708. The van der Waals surface area contributed by atoms with Gasteiger partial charge in [0.1, 0.15) is 11.4 Å². The molecule has 0 atom stereocenters. The summed E-state index contributed by atoms with van der Waals surface area (Å²) in [6, 6.07) is 22.8. The number of halogens is 3. The summed E-state index contributed by atoms with van der Waals surface area (Å²) in [6.45, 7) is 0. The van der Waals surface area contributed by atoms with Crippen LogP contribution in [0.5, 0.6) is 0 Å². The van der Waals surface area contributed by atoms with Gasteiger partial charge in [0.25, 0.3) is 0 Å². The zero-order chi connectivity index (χ0) is 22.5. The Balaban J connectivity index is 1.59. The van der Waals surface area contributed by atoms with Crippen LogP contribution < -0.4 is 5.32 Å². The second-order valence-electron chi connectivity index (χ2n) is 6.62. The summed E-state index contributed by atoms with van der Waals surface area (Å²) in [7, 11) is 0. The van der Waals surface area contributed by atoms with Gasteiger partial charge in [-0.1, -0.05) is 91.6 Å². The highest BCUT2D eigenvalue weighted by Crippen LogP contribution is 2.31. The number of nitrogens with one attached hydrogen (secondary N) is 1. The number of hydrogen-bond acceptors (Lipinski definition) is 5. The average molecular weight is 591 g/mol. The van der Waals surface area contributed by atoms with E-state index in [-0.39, 0.29) is 11.7 Å². The Hall–Kier alpha value is -2.26. The number of para-hydroxylation sites is 1. The molecule has 0 bridgehead atoms. The number of rotatable bonds is 6. The van der Waals surface area contributed by atoms with Crippen molar-refractivity contribution in [3.63, 3.8) is 0 Å². The summed E-state index contributed by atoms with van der Waals surface area (Å²) in [4.78, 5) is 17.1. The van der Waals surface area contributed by atoms with Gasteiger partial charge in [-0.25, -0.2) is 4.98 Å². The van der Waals surface area contributed by atoms with E-state index < -0.39 is 0 Å². The van der Waals surface area contributed by atoms with E-state index in [1.807, 2.05) is 60.7 Å². The van der Waals surface area contributed by atoms with Crippen molar-refractivity contribution in [3.8, 4) is 22.5 Å². The molecular weight excluding hydrogens is 576 g/mol. The highest BCUT2D eigenvalue weighted by molar-refractivity contribution is 9.10. The zero-order valence-electron chi connectivity index (χ0n) is 16.4. The van der Waals surface area contributed by atoms with Crippen LogP contribution in [0.4, 0.5) is 5.69 Å². The summed E-state index contributed by atoms with van der Waals surface area (Å²) in [5.41, 5.74) is 3.75. The Labute approximate surface area is 211 Å². The third kappa shape index (κ3) is 5.75. The van der Waals surface area contributed by atoms with Gasteiger partial charge in [0.15, 0.2) is 0 Å².